The molecular formula is C29H26N6O4S. The van der Waals surface area contributed by atoms with Crippen LogP contribution >= 0.6 is 0 Å². The zero-order valence-electron chi connectivity index (χ0n) is 21.5. The summed E-state index contributed by atoms with van der Waals surface area (Å²) in [6.45, 7) is 2.81. The fraction of sp³-hybridized carbons (Fsp3) is 0.138. The van der Waals surface area contributed by atoms with Gasteiger partial charge < -0.3 is 21.5 Å². The minimum Gasteiger partial charge on any atom is -0.492 e. The molecule has 202 valence electrons. The highest BCUT2D eigenvalue weighted by atomic mass is 32.2. The Bertz CT molecular complexity index is 1940. The highest BCUT2D eigenvalue weighted by Crippen LogP contribution is 2.48. The Hall–Kier alpha value is -4.74. The van der Waals surface area contributed by atoms with Crippen molar-refractivity contribution in [2.45, 2.75) is 24.3 Å². The molecule has 1 aliphatic rings. The predicted octanol–water partition coefficient (Wildman–Crippen LogP) is 3.69. The molecule has 5 aromatic rings. The van der Waals surface area contributed by atoms with Gasteiger partial charge >= 0.3 is 0 Å². The molecule has 1 unspecified atom stereocenters. The molecule has 10 nitrogen and oxygen atoms in total. The van der Waals surface area contributed by atoms with Crippen molar-refractivity contribution in [2.24, 2.45) is 5.14 Å². The summed E-state index contributed by atoms with van der Waals surface area (Å²) in [7, 11) is -3.78. The fourth-order valence-electron chi connectivity index (χ4n) is 5.28. The summed E-state index contributed by atoms with van der Waals surface area (Å²) in [6.07, 6.45) is 0. The van der Waals surface area contributed by atoms with E-state index in [1.165, 1.54) is 12.1 Å². The van der Waals surface area contributed by atoms with Crippen LogP contribution in [0.1, 0.15) is 34.3 Å². The monoisotopic (exact) mass is 554 g/mol. The van der Waals surface area contributed by atoms with Crippen LogP contribution in [0.3, 0.4) is 0 Å². The lowest BCUT2D eigenvalue weighted by atomic mass is 9.87. The summed E-state index contributed by atoms with van der Waals surface area (Å²) in [5.74, 6) is 0.867. The predicted molar refractivity (Wildman–Crippen MR) is 154 cm³/mol. The number of amides is 1. The number of primary sulfonamides is 1. The van der Waals surface area contributed by atoms with E-state index < -0.39 is 10.0 Å². The average Bonchev–Trinajstić information content (AvgIpc) is 3.31. The van der Waals surface area contributed by atoms with E-state index in [1.54, 1.807) is 18.2 Å². The number of nitrogens with two attached hydrogens (primary N) is 3. The molecule has 2 heterocycles. The molecule has 1 aromatic heterocycles. The van der Waals surface area contributed by atoms with Crippen LogP contribution < -0.4 is 26.7 Å². The highest BCUT2D eigenvalue weighted by molar-refractivity contribution is 7.89. The van der Waals surface area contributed by atoms with Gasteiger partial charge in [0.2, 0.25) is 16.0 Å². The first-order valence-corrected chi connectivity index (χ1v) is 14.1. The Morgan fingerprint density at radius 3 is 2.45 bits per heavy atom. The molecule has 0 radical (unpaired) electrons. The minimum absolute atomic E-state index is 0.0147. The maximum atomic E-state index is 13.3. The lowest BCUT2D eigenvalue weighted by molar-refractivity contribution is 0.0952. The summed E-state index contributed by atoms with van der Waals surface area (Å²) in [4.78, 5) is 21.9. The number of hydrogen-bond donors (Lipinski definition) is 4. The number of fused-ring (bicyclic) bond motifs is 4. The van der Waals surface area contributed by atoms with Crippen molar-refractivity contribution in [2.75, 3.05) is 18.1 Å². The van der Waals surface area contributed by atoms with Crippen LogP contribution in [0.2, 0.25) is 0 Å². The first kappa shape index (κ1) is 25.5. The van der Waals surface area contributed by atoms with Crippen LogP contribution in [0, 0.1) is 0 Å². The molecule has 0 bridgehead atoms. The molecule has 11 heteroatoms. The third kappa shape index (κ3) is 4.34. The molecule has 1 aliphatic heterocycles. The molecule has 0 fully saturated rings. The lowest BCUT2D eigenvalue weighted by Gasteiger charge is -2.17. The van der Waals surface area contributed by atoms with Crippen LogP contribution in [-0.2, 0) is 16.6 Å². The SMILES string of the molecule is CC1COc2c1c(-c1ccc(C(=O)NCc3ccc(S(N)(=O)=O)cc3)c3ccccc13)cc1nc(N)nc(N)c21. The van der Waals surface area contributed by atoms with E-state index >= 15 is 0 Å². The lowest BCUT2D eigenvalue weighted by Crippen LogP contribution is -2.23. The number of hydrogen-bond acceptors (Lipinski definition) is 8. The Morgan fingerprint density at radius 1 is 1.00 bits per heavy atom. The van der Waals surface area contributed by atoms with Crippen molar-refractivity contribution < 1.29 is 17.9 Å². The summed E-state index contributed by atoms with van der Waals surface area (Å²) in [6, 6.07) is 19.5. The molecule has 4 aromatic carbocycles. The van der Waals surface area contributed by atoms with Gasteiger partial charge in [0, 0.05) is 23.6 Å². The zero-order valence-corrected chi connectivity index (χ0v) is 22.3. The van der Waals surface area contributed by atoms with E-state index in [0.29, 0.717) is 28.8 Å². The summed E-state index contributed by atoms with van der Waals surface area (Å²) >= 11 is 0. The first-order valence-electron chi connectivity index (χ1n) is 12.6. The number of aromatic nitrogens is 2. The third-order valence-corrected chi connectivity index (χ3v) is 8.09. The van der Waals surface area contributed by atoms with E-state index in [1.807, 2.05) is 36.4 Å². The van der Waals surface area contributed by atoms with E-state index in [0.717, 1.165) is 33.0 Å². The number of nitrogen functional groups attached to an aromatic ring is 2. The molecule has 0 spiro atoms. The van der Waals surface area contributed by atoms with Crippen molar-refractivity contribution in [3.05, 3.63) is 83.4 Å². The topological polar surface area (TPSA) is 176 Å². The number of carbonyl (C=O) groups excluding carboxylic acids is 1. The van der Waals surface area contributed by atoms with Crippen molar-refractivity contribution in [3.8, 4) is 16.9 Å². The van der Waals surface area contributed by atoms with Gasteiger partial charge in [-0.1, -0.05) is 49.4 Å². The quantitative estimate of drug-likeness (QED) is 0.254. The number of carbonyl (C=O) groups is 1. The van der Waals surface area contributed by atoms with Crippen LogP contribution in [0.5, 0.6) is 5.75 Å². The van der Waals surface area contributed by atoms with Crippen molar-refractivity contribution in [1.82, 2.24) is 15.3 Å². The van der Waals surface area contributed by atoms with Gasteiger partial charge in [0.25, 0.3) is 5.91 Å². The molecule has 7 N–H and O–H groups in total. The smallest absolute Gasteiger partial charge is 0.252 e. The Balaban J connectivity index is 1.41. The summed E-state index contributed by atoms with van der Waals surface area (Å²) < 4.78 is 29.1. The molecule has 1 amide bonds. The molecule has 6 rings (SSSR count). The van der Waals surface area contributed by atoms with Crippen molar-refractivity contribution in [3.63, 3.8) is 0 Å². The fourth-order valence-corrected chi connectivity index (χ4v) is 5.80. The molecule has 40 heavy (non-hydrogen) atoms. The second kappa shape index (κ2) is 9.47. The normalized spacial score (nSPS) is 14.7. The van der Waals surface area contributed by atoms with Gasteiger partial charge in [-0.3, -0.25) is 4.79 Å². The summed E-state index contributed by atoms with van der Waals surface area (Å²) in [5.41, 5.74) is 16.8. The summed E-state index contributed by atoms with van der Waals surface area (Å²) in [5, 5.41) is 10.4. The van der Waals surface area contributed by atoms with E-state index in [-0.39, 0.29) is 35.0 Å². The Labute approximate surface area is 230 Å². The zero-order chi connectivity index (χ0) is 28.2. The number of anilines is 2. The highest BCUT2D eigenvalue weighted by Gasteiger charge is 2.29. The molecule has 0 saturated carbocycles. The number of ether oxygens (including phenoxy) is 1. The van der Waals surface area contributed by atoms with Crippen LogP contribution in [0.15, 0.2) is 71.6 Å². The Morgan fingerprint density at radius 2 is 1.73 bits per heavy atom. The van der Waals surface area contributed by atoms with Crippen LogP contribution in [0.25, 0.3) is 32.8 Å². The van der Waals surface area contributed by atoms with E-state index in [2.05, 4.69) is 22.2 Å². The number of rotatable bonds is 5. The Kier molecular flexibility index (Phi) is 6.05. The van der Waals surface area contributed by atoms with Gasteiger partial charge in [-0.25, -0.2) is 18.5 Å². The van der Waals surface area contributed by atoms with Crippen LogP contribution in [-0.4, -0.2) is 30.9 Å². The molecule has 1 atom stereocenters. The van der Waals surface area contributed by atoms with E-state index in [4.69, 9.17) is 21.3 Å². The van der Waals surface area contributed by atoms with Gasteiger partial charge in [-0.05, 0) is 51.7 Å². The van der Waals surface area contributed by atoms with Crippen LogP contribution in [0.4, 0.5) is 11.8 Å². The molecule has 0 saturated heterocycles. The first-order chi connectivity index (χ1) is 19.1. The largest absolute Gasteiger partial charge is 0.492 e. The van der Waals surface area contributed by atoms with Gasteiger partial charge in [-0.15, -0.1) is 0 Å². The van der Waals surface area contributed by atoms with Gasteiger partial charge in [0.1, 0.15) is 11.6 Å². The van der Waals surface area contributed by atoms with E-state index in [9.17, 15) is 13.2 Å². The molecular weight excluding hydrogens is 528 g/mol. The van der Waals surface area contributed by atoms with Gasteiger partial charge in [-0.2, -0.15) is 4.98 Å². The minimum atomic E-state index is -3.78. The van der Waals surface area contributed by atoms with Crippen molar-refractivity contribution >= 4 is 49.4 Å². The van der Waals surface area contributed by atoms with Gasteiger partial charge in [0.15, 0.2) is 0 Å². The number of nitrogens with one attached hydrogen (secondary N) is 1. The average molecular weight is 555 g/mol. The standard InChI is InChI=1S/C29H26N6O4S/c1-15-14-39-26-24(15)22(12-23-25(26)27(30)35-29(31)34-23)20-10-11-21(19-5-3-2-4-18(19)20)28(36)33-13-16-6-8-17(9-7-16)40(32,37)38/h2-12,15H,13-14H2,1H3,(H,33,36)(H2,32,37,38)(H4,30,31,34,35). The van der Waals surface area contributed by atoms with Gasteiger partial charge in [0.05, 0.1) is 22.4 Å². The molecule has 0 aliphatic carbocycles. The maximum absolute atomic E-state index is 13.3. The second-order valence-corrected chi connectivity index (χ2v) is 11.4. The third-order valence-electron chi connectivity index (χ3n) is 7.16. The second-order valence-electron chi connectivity index (χ2n) is 9.82. The maximum Gasteiger partial charge on any atom is 0.252 e. The number of benzene rings is 4. The van der Waals surface area contributed by atoms with Crippen molar-refractivity contribution in [1.29, 1.82) is 0 Å². The number of sulfonamides is 1. The number of nitrogens with zero attached hydrogens (tertiary/aromatic N) is 2.